The molecule has 1 unspecified atom stereocenters. The fourth-order valence-corrected chi connectivity index (χ4v) is 1.81. The monoisotopic (exact) mass is 206 g/mol. The van der Waals surface area contributed by atoms with Crippen molar-refractivity contribution in [2.24, 2.45) is 5.73 Å². The maximum atomic E-state index is 5.87. The van der Waals surface area contributed by atoms with Crippen LogP contribution in [0.2, 0.25) is 0 Å². The van der Waals surface area contributed by atoms with Crippen LogP contribution in [0, 0.1) is 0 Å². The zero-order valence-corrected chi connectivity index (χ0v) is 10.2. The predicted octanol–water partition coefficient (Wildman–Crippen LogP) is 2.20. The smallest absolute Gasteiger partial charge is 0.0394 e. The standard InChI is InChI=1S/C13H22N2/c1-5-11-6-7-13(15(3)4)12(9-11)8-10(2)14/h6-7,9-10H,5,8,14H2,1-4H3. The van der Waals surface area contributed by atoms with E-state index in [-0.39, 0.29) is 6.04 Å². The largest absolute Gasteiger partial charge is 0.377 e. The van der Waals surface area contributed by atoms with E-state index in [1.165, 1.54) is 16.8 Å². The van der Waals surface area contributed by atoms with Crippen molar-refractivity contribution in [3.05, 3.63) is 29.3 Å². The predicted molar refractivity (Wildman–Crippen MR) is 67.5 cm³/mol. The van der Waals surface area contributed by atoms with Gasteiger partial charge in [0.2, 0.25) is 0 Å². The molecule has 1 atom stereocenters. The summed E-state index contributed by atoms with van der Waals surface area (Å²) in [4.78, 5) is 2.15. The van der Waals surface area contributed by atoms with E-state index < -0.39 is 0 Å². The molecule has 0 saturated carbocycles. The Balaban J connectivity index is 3.05. The van der Waals surface area contributed by atoms with Gasteiger partial charge in [0.05, 0.1) is 0 Å². The summed E-state index contributed by atoms with van der Waals surface area (Å²) < 4.78 is 0. The Hall–Kier alpha value is -1.02. The molecule has 84 valence electrons. The van der Waals surface area contributed by atoms with E-state index in [2.05, 4.69) is 51.0 Å². The van der Waals surface area contributed by atoms with Crippen LogP contribution in [-0.4, -0.2) is 20.1 Å². The van der Waals surface area contributed by atoms with Crippen LogP contribution in [0.1, 0.15) is 25.0 Å². The third-order valence-corrected chi connectivity index (χ3v) is 2.58. The molecule has 15 heavy (non-hydrogen) atoms. The normalized spacial score (nSPS) is 12.6. The number of benzene rings is 1. The number of aryl methyl sites for hydroxylation is 1. The summed E-state index contributed by atoms with van der Waals surface area (Å²) in [5.41, 5.74) is 9.89. The molecule has 1 rings (SSSR count). The van der Waals surface area contributed by atoms with Crippen LogP contribution in [0.5, 0.6) is 0 Å². The van der Waals surface area contributed by atoms with E-state index in [0.717, 1.165) is 12.8 Å². The van der Waals surface area contributed by atoms with Gasteiger partial charge in [-0.1, -0.05) is 19.1 Å². The minimum Gasteiger partial charge on any atom is -0.377 e. The lowest BCUT2D eigenvalue weighted by Gasteiger charge is -2.19. The third kappa shape index (κ3) is 3.24. The molecule has 2 N–H and O–H groups in total. The molecule has 2 nitrogen and oxygen atoms in total. The Morgan fingerprint density at radius 3 is 2.47 bits per heavy atom. The molecule has 0 spiro atoms. The molecule has 1 aromatic carbocycles. The van der Waals surface area contributed by atoms with Gasteiger partial charge in [-0.3, -0.25) is 0 Å². The van der Waals surface area contributed by atoms with Crippen molar-refractivity contribution in [1.82, 2.24) is 0 Å². The summed E-state index contributed by atoms with van der Waals surface area (Å²) in [7, 11) is 4.15. The first-order valence-electron chi connectivity index (χ1n) is 5.59. The van der Waals surface area contributed by atoms with Crippen molar-refractivity contribution in [3.8, 4) is 0 Å². The van der Waals surface area contributed by atoms with Gasteiger partial charge in [-0.15, -0.1) is 0 Å². The summed E-state index contributed by atoms with van der Waals surface area (Å²) in [5, 5.41) is 0. The van der Waals surface area contributed by atoms with Crippen LogP contribution in [-0.2, 0) is 12.8 Å². The van der Waals surface area contributed by atoms with Gasteiger partial charge in [0.1, 0.15) is 0 Å². The summed E-state index contributed by atoms with van der Waals surface area (Å²) in [6.07, 6.45) is 2.03. The maximum Gasteiger partial charge on any atom is 0.0394 e. The third-order valence-electron chi connectivity index (χ3n) is 2.58. The SMILES string of the molecule is CCc1ccc(N(C)C)c(CC(C)N)c1. The van der Waals surface area contributed by atoms with Crippen LogP contribution < -0.4 is 10.6 Å². The van der Waals surface area contributed by atoms with E-state index >= 15 is 0 Å². The lowest BCUT2D eigenvalue weighted by Crippen LogP contribution is -2.20. The molecule has 1 aromatic rings. The zero-order chi connectivity index (χ0) is 11.4. The lowest BCUT2D eigenvalue weighted by molar-refractivity contribution is 0.736. The first-order valence-corrected chi connectivity index (χ1v) is 5.59. The molecule has 0 aliphatic rings. The van der Waals surface area contributed by atoms with Crippen molar-refractivity contribution < 1.29 is 0 Å². The Bertz CT molecular complexity index is 316. The fraction of sp³-hybridized carbons (Fsp3) is 0.538. The Kier molecular flexibility index (Phi) is 4.15. The molecule has 0 saturated heterocycles. The molecule has 0 amide bonds. The van der Waals surface area contributed by atoms with Crippen molar-refractivity contribution in [1.29, 1.82) is 0 Å². The highest BCUT2D eigenvalue weighted by Crippen LogP contribution is 2.21. The van der Waals surface area contributed by atoms with Gasteiger partial charge in [0, 0.05) is 25.8 Å². The second-order valence-electron chi connectivity index (χ2n) is 4.39. The van der Waals surface area contributed by atoms with Gasteiger partial charge < -0.3 is 10.6 Å². The zero-order valence-electron chi connectivity index (χ0n) is 10.2. The molecular formula is C13H22N2. The highest BCUT2D eigenvalue weighted by molar-refractivity contribution is 5.54. The average Bonchev–Trinajstić information content (AvgIpc) is 2.16. The number of nitrogens with two attached hydrogens (primary N) is 1. The lowest BCUT2D eigenvalue weighted by atomic mass is 10.0. The average molecular weight is 206 g/mol. The maximum absolute atomic E-state index is 5.87. The van der Waals surface area contributed by atoms with Crippen molar-refractivity contribution in [3.63, 3.8) is 0 Å². The summed E-state index contributed by atoms with van der Waals surface area (Å²) in [6, 6.07) is 6.88. The van der Waals surface area contributed by atoms with Crippen LogP contribution >= 0.6 is 0 Å². The number of hydrogen-bond acceptors (Lipinski definition) is 2. The molecule has 0 bridgehead atoms. The number of nitrogens with zero attached hydrogens (tertiary/aromatic N) is 1. The highest BCUT2D eigenvalue weighted by atomic mass is 15.1. The van der Waals surface area contributed by atoms with Crippen molar-refractivity contribution in [2.45, 2.75) is 32.7 Å². The number of hydrogen-bond donors (Lipinski definition) is 1. The van der Waals surface area contributed by atoms with E-state index in [4.69, 9.17) is 5.73 Å². The van der Waals surface area contributed by atoms with Gasteiger partial charge in [0.15, 0.2) is 0 Å². The Morgan fingerprint density at radius 2 is 2.00 bits per heavy atom. The van der Waals surface area contributed by atoms with Crippen LogP contribution in [0.25, 0.3) is 0 Å². The Morgan fingerprint density at radius 1 is 1.33 bits per heavy atom. The summed E-state index contributed by atoms with van der Waals surface area (Å²) in [6.45, 7) is 4.23. The molecule has 0 fully saturated rings. The van der Waals surface area contributed by atoms with Crippen LogP contribution in [0.4, 0.5) is 5.69 Å². The van der Waals surface area contributed by atoms with E-state index in [1.807, 2.05) is 0 Å². The molecule has 2 heteroatoms. The topological polar surface area (TPSA) is 29.3 Å². The quantitative estimate of drug-likeness (QED) is 0.818. The first-order chi connectivity index (χ1) is 7.04. The molecule has 0 radical (unpaired) electrons. The molecular weight excluding hydrogens is 184 g/mol. The summed E-state index contributed by atoms with van der Waals surface area (Å²) in [5.74, 6) is 0. The molecule has 0 aliphatic carbocycles. The van der Waals surface area contributed by atoms with E-state index in [1.54, 1.807) is 0 Å². The van der Waals surface area contributed by atoms with Crippen molar-refractivity contribution >= 4 is 5.69 Å². The first kappa shape index (κ1) is 12.1. The van der Waals surface area contributed by atoms with Crippen LogP contribution in [0.15, 0.2) is 18.2 Å². The molecule has 0 aromatic heterocycles. The van der Waals surface area contributed by atoms with E-state index in [0.29, 0.717) is 0 Å². The minimum atomic E-state index is 0.218. The van der Waals surface area contributed by atoms with Crippen molar-refractivity contribution in [2.75, 3.05) is 19.0 Å². The highest BCUT2D eigenvalue weighted by Gasteiger charge is 2.07. The van der Waals surface area contributed by atoms with Gasteiger partial charge >= 0.3 is 0 Å². The Labute approximate surface area is 93.1 Å². The fourth-order valence-electron chi connectivity index (χ4n) is 1.81. The van der Waals surface area contributed by atoms with E-state index in [9.17, 15) is 0 Å². The van der Waals surface area contributed by atoms with Crippen LogP contribution in [0.3, 0.4) is 0 Å². The number of rotatable bonds is 4. The second-order valence-corrected chi connectivity index (χ2v) is 4.39. The van der Waals surface area contributed by atoms with Gasteiger partial charge in [-0.2, -0.15) is 0 Å². The number of anilines is 1. The van der Waals surface area contributed by atoms with Gasteiger partial charge in [0.25, 0.3) is 0 Å². The molecule has 0 heterocycles. The van der Waals surface area contributed by atoms with Gasteiger partial charge in [-0.25, -0.2) is 0 Å². The second kappa shape index (κ2) is 5.17. The minimum absolute atomic E-state index is 0.218. The molecule has 0 aliphatic heterocycles. The van der Waals surface area contributed by atoms with Gasteiger partial charge in [-0.05, 0) is 37.0 Å². The summed E-state index contributed by atoms with van der Waals surface area (Å²) >= 11 is 0.